The normalized spacial score (nSPS) is 11.0. The van der Waals surface area contributed by atoms with E-state index in [-0.39, 0.29) is 0 Å². The second-order valence-electron chi connectivity index (χ2n) is 5.79. The third-order valence-corrected chi connectivity index (χ3v) is 3.91. The summed E-state index contributed by atoms with van der Waals surface area (Å²) in [7, 11) is 0. The van der Waals surface area contributed by atoms with Crippen LogP contribution in [0.5, 0.6) is 0 Å². The smallest absolute Gasteiger partial charge is 0.226 e. The van der Waals surface area contributed by atoms with Gasteiger partial charge in [0.05, 0.1) is 16.7 Å². The summed E-state index contributed by atoms with van der Waals surface area (Å²) in [5.74, 6) is 1.44. The van der Waals surface area contributed by atoms with E-state index in [1.807, 2.05) is 36.4 Å². The average Bonchev–Trinajstić information content (AvgIpc) is 3.22. The molecule has 0 aliphatic heterocycles. The lowest BCUT2D eigenvalue weighted by molar-refractivity contribution is 0.572. The van der Waals surface area contributed by atoms with Crippen LogP contribution in [0.15, 0.2) is 59.2 Å². The molecule has 0 bridgehead atoms. The minimum Gasteiger partial charge on any atom is -0.444 e. The van der Waals surface area contributed by atoms with Crippen molar-refractivity contribution in [3.63, 3.8) is 0 Å². The van der Waals surface area contributed by atoms with Crippen LogP contribution in [0.2, 0.25) is 0 Å². The zero-order valence-electron chi connectivity index (χ0n) is 13.4. The SMILES string of the molecule is Cc1ccc(-c2nc(CCNc3nc4ccccc4[nH]3)co2)cc1. The number of benzene rings is 2. The van der Waals surface area contributed by atoms with E-state index in [9.17, 15) is 0 Å². The van der Waals surface area contributed by atoms with Gasteiger partial charge in [-0.15, -0.1) is 0 Å². The Kier molecular flexibility index (Phi) is 3.75. The standard InChI is InChI=1S/C19H18N4O/c1-13-6-8-14(9-7-13)18-21-15(12-24-18)10-11-20-19-22-16-4-2-3-5-17(16)23-19/h2-9,12H,10-11H2,1H3,(H2,20,22,23). The van der Waals surface area contributed by atoms with Crippen molar-refractivity contribution in [3.8, 4) is 11.5 Å². The number of H-pyrrole nitrogens is 1. The molecule has 0 saturated heterocycles. The van der Waals surface area contributed by atoms with Crippen molar-refractivity contribution in [2.45, 2.75) is 13.3 Å². The van der Waals surface area contributed by atoms with Crippen molar-refractivity contribution in [2.75, 3.05) is 11.9 Å². The third kappa shape index (κ3) is 3.01. The van der Waals surface area contributed by atoms with Crippen molar-refractivity contribution >= 4 is 17.0 Å². The second kappa shape index (κ2) is 6.20. The first-order valence-electron chi connectivity index (χ1n) is 7.98. The Balaban J connectivity index is 1.38. The number of oxazole rings is 1. The Bertz CT molecular complexity index is 920. The molecule has 0 unspecified atom stereocenters. The van der Waals surface area contributed by atoms with E-state index in [0.29, 0.717) is 5.89 Å². The molecule has 2 heterocycles. The zero-order valence-corrected chi connectivity index (χ0v) is 13.4. The van der Waals surface area contributed by atoms with Crippen LogP contribution in [-0.4, -0.2) is 21.5 Å². The van der Waals surface area contributed by atoms with Crippen LogP contribution in [0, 0.1) is 6.92 Å². The van der Waals surface area contributed by atoms with Gasteiger partial charge >= 0.3 is 0 Å². The van der Waals surface area contributed by atoms with Crippen LogP contribution in [-0.2, 0) is 6.42 Å². The number of anilines is 1. The molecule has 0 spiro atoms. The van der Waals surface area contributed by atoms with Crippen molar-refractivity contribution in [1.29, 1.82) is 0 Å². The van der Waals surface area contributed by atoms with Gasteiger partial charge < -0.3 is 14.7 Å². The Labute approximate surface area is 139 Å². The highest BCUT2D eigenvalue weighted by molar-refractivity contribution is 5.77. The molecule has 0 atom stereocenters. The highest BCUT2D eigenvalue weighted by Gasteiger charge is 2.07. The van der Waals surface area contributed by atoms with E-state index in [2.05, 4.69) is 39.3 Å². The Morgan fingerprint density at radius 3 is 2.71 bits per heavy atom. The molecule has 5 heteroatoms. The van der Waals surface area contributed by atoms with Crippen LogP contribution >= 0.6 is 0 Å². The predicted molar refractivity (Wildman–Crippen MR) is 95.0 cm³/mol. The van der Waals surface area contributed by atoms with Crippen molar-refractivity contribution in [3.05, 3.63) is 66.1 Å². The number of fused-ring (bicyclic) bond motifs is 1. The summed E-state index contributed by atoms with van der Waals surface area (Å²) in [5, 5.41) is 3.29. The molecule has 4 aromatic rings. The number of nitrogens with one attached hydrogen (secondary N) is 2. The summed E-state index contributed by atoms with van der Waals surface area (Å²) in [4.78, 5) is 12.3. The molecule has 0 radical (unpaired) electrons. The number of nitrogens with zero attached hydrogens (tertiary/aromatic N) is 2. The van der Waals surface area contributed by atoms with E-state index < -0.39 is 0 Å². The first-order chi connectivity index (χ1) is 11.8. The third-order valence-electron chi connectivity index (χ3n) is 3.91. The topological polar surface area (TPSA) is 66.7 Å². The molecule has 2 aromatic heterocycles. The van der Waals surface area contributed by atoms with E-state index in [4.69, 9.17) is 4.42 Å². The van der Waals surface area contributed by atoms with E-state index >= 15 is 0 Å². The molecule has 0 aliphatic rings. The van der Waals surface area contributed by atoms with Gasteiger partial charge in [0.25, 0.3) is 0 Å². The minimum absolute atomic E-state index is 0.661. The molecule has 2 N–H and O–H groups in total. The van der Waals surface area contributed by atoms with Crippen LogP contribution in [0.25, 0.3) is 22.5 Å². The monoisotopic (exact) mass is 318 g/mol. The van der Waals surface area contributed by atoms with Gasteiger partial charge in [0.15, 0.2) is 0 Å². The quantitative estimate of drug-likeness (QED) is 0.579. The molecule has 24 heavy (non-hydrogen) atoms. The Morgan fingerprint density at radius 1 is 1.04 bits per heavy atom. The largest absolute Gasteiger partial charge is 0.444 e. The number of imidazole rings is 1. The first-order valence-corrected chi connectivity index (χ1v) is 7.98. The van der Waals surface area contributed by atoms with Crippen LogP contribution in [0.1, 0.15) is 11.3 Å². The maximum Gasteiger partial charge on any atom is 0.226 e. The average molecular weight is 318 g/mol. The fourth-order valence-electron chi connectivity index (χ4n) is 2.60. The summed E-state index contributed by atoms with van der Waals surface area (Å²) >= 11 is 0. The molecule has 4 rings (SSSR count). The molecular weight excluding hydrogens is 300 g/mol. The maximum absolute atomic E-state index is 5.58. The van der Waals surface area contributed by atoms with Crippen LogP contribution in [0.4, 0.5) is 5.95 Å². The number of para-hydroxylation sites is 2. The maximum atomic E-state index is 5.58. The van der Waals surface area contributed by atoms with Gasteiger partial charge in [-0.1, -0.05) is 29.8 Å². The van der Waals surface area contributed by atoms with Crippen molar-refractivity contribution < 1.29 is 4.42 Å². The predicted octanol–water partition coefficient (Wildman–Crippen LogP) is 4.18. The van der Waals surface area contributed by atoms with Gasteiger partial charge in [-0.2, -0.15) is 0 Å². The number of aromatic nitrogens is 3. The molecule has 120 valence electrons. The number of hydrogen-bond donors (Lipinski definition) is 2. The van der Waals surface area contributed by atoms with Gasteiger partial charge in [-0.25, -0.2) is 9.97 Å². The van der Waals surface area contributed by atoms with E-state index in [0.717, 1.165) is 41.2 Å². The lowest BCUT2D eigenvalue weighted by Gasteiger charge is -1.99. The van der Waals surface area contributed by atoms with Crippen LogP contribution < -0.4 is 5.32 Å². The Hall–Kier alpha value is -3.08. The van der Waals surface area contributed by atoms with Gasteiger partial charge in [0.2, 0.25) is 11.8 Å². The summed E-state index contributed by atoms with van der Waals surface area (Å²) in [6, 6.07) is 16.1. The van der Waals surface area contributed by atoms with Crippen LogP contribution in [0.3, 0.4) is 0 Å². The number of aromatic amines is 1. The van der Waals surface area contributed by atoms with Gasteiger partial charge in [0.1, 0.15) is 6.26 Å². The number of aryl methyl sites for hydroxylation is 1. The first kappa shape index (κ1) is 14.5. The summed E-state index contributed by atoms with van der Waals surface area (Å²) in [6.45, 7) is 2.80. The van der Waals surface area contributed by atoms with E-state index in [1.54, 1.807) is 6.26 Å². The zero-order chi connectivity index (χ0) is 16.4. The van der Waals surface area contributed by atoms with Crippen molar-refractivity contribution in [2.24, 2.45) is 0 Å². The number of hydrogen-bond acceptors (Lipinski definition) is 4. The number of rotatable bonds is 5. The van der Waals surface area contributed by atoms with Gasteiger partial charge in [-0.05, 0) is 31.2 Å². The minimum atomic E-state index is 0.661. The molecule has 2 aromatic carbocycles. The van der Waals surface area contributed by atoms with Crippen molar-refractivity contribution in [1.82, 2.24) is 15.0 Å². The van der Waals surface area contributed by atoms with Gasteiger partial charge in [-0.3, -0.25) is 0 Å². The van der Waals surface area contributed by atoms with Gasteiger partial charge in [0, 0.05) is 18.5 Å². The fraction of sp³-hybridized carbons (Fsp3) is 0.158. The molecule has 5 nitrogen and oxygen atoms in total. The van der Waals surface area contributed by atoms with E-state index in [1.165, 1.54) is 5.56 Å². The lowest BCUT2D eigenvalue weighted by Crippen LogP contribution is -2.06. The molecule has 0 aliphatic carbocycles. The second-order valence-corrected chi connectivity index (χ2v) is 5.79. The molecule has 0 amide bonds. The highest BCUT2D eigenvalue weighted by atomic mass is 16.3. The molecular formula is C19H18N4O. The highest BCUT2D eigenvalue weighted by Crippen LogP contribution is 2.19. The fourth-order valence-corrected chi connectivity index (χ4v) is 2.60. The summed E-state index contributed by atoms with van der Waals surface area (Å²) in [6.07, 6.45) is 2.49. The lowest BCUT2D eigenvalue weighted by atomic mass is 10.1. The molecule has 0 fully saturated rings. The summed E-state index contributed by atoms with van der Waals surface area (Å²) < 4.78 is 5.58. The summed E-state index contributed by atoms with van der Waals surface area (Å²) in [5.41, 5.74) is 5.14. The Morgan fingerprint density at radius 2 is 1.88 bits per heavy atom. The molecule has 0 saturated carbocycles.